The van der Waals surface area contributed by atoms with Crippen LogP contribution in [0.25, 0.3) is 0 Å². The van der Waals surface area contributed by atoms with Crippen LogP contribution in [0.1, 0.15) is 40.3 Å². The maximum absolute atomic E-state index is 12.2. The molecule has 112 valence electrons. The molecular weight excluding hydrogens is 272 g/mol. The Balaban J connectivity index is 2.18. The Morgan fingerprint density at radius 1 is 1.43 bits per heavy atom. The summed E-state index contributed by atoms with van der Waals surface area (Å²) >= 11 is 0. The number of aryl methyl sites for hydroxylation is 2. The number of hydrogen-bond donors (Lipinski definition) is 2. The Morgan fingerprint density at radius 2 is 2.14 bits per heavy atom. The quantitative estimate of drug-likeness (QED) is 0.903. The molecular formula is C15H18N2O4. The number of methoxy groups -OCH3 is 1. The highest BCUT2D eigenvalue weighted by atomic mass is 16.5. The molecule has 1 unspecified atom stereocenters. The summed E-state index contributed by atoms with van der Waals surface area (Å²) < 4.78 is 10.1. The molecule has 21 heavy (non-hydrogen) atoms. The molecule has 1 atom stereocenters. The molecule has 0 saturated heterocycles. The molecule has 0 aliphatic heterocycles. The van der Waals surface area contributed by atoms with Gasteiger partial charge in [-0.3, -0.25) is 4.79 Å². The number of aromatic nitrogens is 1. The van der Waals surface area contributed by atoms with E-state index in [4.69, 9.17) is 9.26 Å². The standard InChI is InChI=1S/C15H18N2O4/c1-8(14-9(2)17-21-10(14)3)16-15(19)12-6-5-11(20-4)7-13(12)18/h5-8,18H,1-4H3,(H,16,19). The Kier molecular flexibility index (Phi) is 4.16. The molecule has 1 aromatic heterocycles. The van der Waals surface area contributed by atoms with Crippen LogP contribution in [0.5, 0.6) is 11.5 Å². The summed E-state index contributed by atoms with van der Waals surface area (Å²) in [6.45, 7) is 5.45. The van der Waals surface area contributed by atoms with E-state index in [0.717, 1.165) is 11.3 Å². The Hall–Kier alpha value is -2.50. The van der Waals surface area contributed by atoms with Crippen LogP contribution in [-0.2, 0) is 0 Å². The van der Waals surface area contributed by atoms with Crippen molar-refractivity contribution in [1.29, 1.82) is 0 Å². The second-order valence-corrected chi connectivity index (χ2v) is 4.82. The summed E-state index contributed by atoms with van der Waals surface area (Å²) in [6.07, 6.45) is 0. The summed E-state index contributed by atoms with van der Waals surface area (Å²) in [6, 6.07) is 4.26. The summed E-state index contributed by atoms with van der Waals surface area (Å²) in [5.41, 5.74) is 1.77. The number of carbonyl (C=O) groups is 1. The van der Waals surface area contributed by atoms with Crippen molar-refractivity contribution in [2.45, 2.75) is 26.8 Å². The molecule has 0 spiro atoms. The minimum Gasteiger partial charge on any atom is -0.507 e. The SMILES string of the molecule is COc1ccc(C(=O)NC(C)c2c(C)noc2C)c(O)c1. The van der Waals surface area contributed by atoms with E-state index in [0.29, 0.717) is 11.5 Å². The van der Waals surface area contributed by atoms with Gasteiger partial charge in [-0.25, -0.2) is 0 Å². The van der Waals surface area contributed by atoms with Crippen molar-refractivity contribution >= 4 is 5.91 Å². The van der Waals surface area contributed by atoms with E-state index in [1.807, 2.05) is 13.8 Å². The monoisotopic (exact) mass is 290 g/mol. The molecule has 0 aliphatic carbocycles. The van der Waals surface area contributed by atoms with Crippen LogP contribution in [0.15, 0.2) is 22.7 Å². The number of ether oxygens (including phenoxy) is 1. The van der Waals surface area contributed by atoms with Crippen molar-refractivity contribution in [2.75, 3.05) is 7.11 Å². The third-order valence-corrected chi connectivity index (χ3v) is 3.32. The Labute approximate surface area is 122 Å². The van der Waals surface area contributed by atoms with Crippen molar-refractivity contribution in [3.8, 4) is 11.5 Å². The van der Waals surface area contributed by atoms with Gasteiger partial charge < -0.3 is 19.7 Å². The Bertz CT molecular complexity index is 644. The first kappa shape index (κ1) is 14.9. The summed E-state index contributed by atoms with van der Waals surface area (Å²) in [5.74, 6) is 0.655. The number of nitrogens with zero attached hydrogens (tertiary/aromatic N) is 1. The van der Waals surface area contributed by atoms with Gasteiger partial charge in [0.1, 0.15) is 17.3 Å². The molecule has 2 aromatic rings. The highest BCUT2D eigenvalue weighted by molar-refractivity contribution is 5.97. The maximum Gasteiger partial charge on any atom is 0.255 e. The van der Waals surface area contributed by atoms with Gasteiger partial charge in [-0.2, -0.15) is 0 Å². The number of aromatic hydroxyl groups is 1. The van der Waals surface area contributed by atoms with Crippen LogP contribution in [-0.4, -0.2) is 23.3 Å². The van der Waals surface area contributed by atoms with Gasteiger partial charge in [0.05, 0.1) is 24.4 Å². The van der Waals surface area contributed by atoms with Crippen molar-refractivity contribution in [2.24, 2.45) is 0 Å². The number of nitrogens with one attached hydrogen (secondary N) is 1. The van der Waals surface area contributed by atoms with E-state index in [2.05, 4.69) is 10.5 Å². The molecule has 1 aromatic carbocycles. The smallest absolute Gasteiger partial charge is 0.255 e. The van der Waals surface area contributed by atoms with Crippen LogP contribution in [0, 0.1) is 13.8 Å². The molecule has 0 radical (unpaired) electrons. The predicted molar refractivity (Wildman–Crippen MR) is 76.5 cm³/mol. The van der Waals surface area contributed by atoms with Gasteiger partial charge in [-0.1, -0.05) is 5.16 Å². The minimum atomic E-state index is -0.373. The number of rotatable bonds is 4. The Morgan fingerprint density at radius 3 is 2.67 bits per heavy atom. The fraction of sp³-hybridized carbons (Fsp3) is 0.333. The molecule has 1 heterocycles. The molecule has 1 amide bonds. The average molecular weight is 290 g/mol. The van der Waals surface area contributed by atoms with Crippen LogP contribution < -0.4 is 10.1 Å². The number of hydrogen-bond acceptors (Lipinski definition) is 5. The first-order valence-corrected chi connectivity index (χ1v) is 6.54. The van der Waals surface area contributed by atoms with Crippen LogP contribution >= 0.6 is 0 Å². The predicted octanol–water partition coefficient (Wildman–Crippen LogP) is 2.50. The second-order valence-electron chi connectivity index (χ2n) is 4.82. The van der Waals surface area contributed by atoms with Gasteiger partial charge >= 0.3 is 0 Å². The van der Waals surface area contributed by atoms with Crippen molar-refractivity contribution in [3.63, 3.8) is 0 Å². The van der Waals surface area contributed by atoms with E-state index in [1.54, 1.807) is 13.0 Å². The van der Waals surface area contributed by atoms with E-state index in [9.17, 15) is 9.90 Å². The third-order valence-electron chi connectivity index (χ3n) is 3.32. The molecule has 2 rings (SSSR count). The molecule has 6 nitrogen and oxygen atoms in total. The summed E-state index contributed by atoms with van der Waals surface area (Å²) in [5, 5.41) is 16.6. The van der Waals surface area contributed by atoms with Gasteiger partial charge in [0, 0.05) is 11.6 Å². The normalized spacial score (nSPS) is 12.0. The minimum absolute atomic E-state index is 0.127. The number of phenols is 1. The lowest BCUT2D eigenvalue weighted by molar-refractivity contribution is 0.0937. The molecule has 0 bridgehead atoms. The fourth-order valence-electron chi connectivity index (χ4n) is 2.29. The number of phenolic OH excluding ortho intramolecular Hbond substituents is 1. The number of carbonyl (C=O) groups excluding carboxylic acids is 1. The number of amides is 1. The van der Waals surface area contributed by atoms with E-state index in [-0.39, 0.29) is 23.3 Å². The van der Waals surface area contributed by atoms with Crippen LogP contribution in [0.4, 0.5) is 0 Å². The fourth-order valence-corrected chi connectivity index (χ4v) is 2.29. The van der Waals surface area contributed by atoms with Crippen molar-refractivity contribution < 1.29 is 19.2 Å². The van der Waals surface area contributed by atoms with E-state index < -0.39 is 0 Å². The van der Waals surface area contributed by atoms with Gasteiger partial charge in [-0.05, 0) is 32.9 Å². The zero-order chi connectivity index (χ0) is 15.6. The first-order valence-electron chi connectivity index (χ1n) is 6.54. The first-order chi connectivity index (χ1) is 9.93. The average Bonchev–Trinajstić information content (AvgIpc) is 2.77. The zero-order valence-electron chi connectivity index (χ0n) is 12.4. The van der Waals surface area contributed by atoms with Gasteiger partial charge in [0.15, 0.2) is 0 Å². The van der Waals surface area contributed by atoms with Crippen molar-refractivity contribution in [3.05, 3.63) is 40.8 Å². The lowest BCUT2D eigenvalue weighted by Gasteiger charge is -2.14. The molecule has 0 saturated carbocycles. The van der Waals surface area contributed by atoms with Gasteiger partial charge in [0.2, 0.25) is 0 Å². The zero-order valence-corrected chi connectivity index (χ0v) is 12.4. The van der Waals surface area contributed by atoms with E-state index >= 15 is 0 Å². The topological polar surface area (TPSA) is 84.6 Å². The lowest BCUT2D eigenvalue weighted by atomic mass is 10.1. The number of benzene rings is 1. The highest BCUT2D eigenvalue weighted by Crippen LogP contribution is 2.25. The second kappa shape index (κ2) is 5.87. The highest BCUT2D eigenvalue weighted by Gasteiger charge is 2.20. The molecule has 0 fully saturated rings. The van der Waals surface area contributed by atoms with Gasteiger partial charge in [-0.15, -0.1) is 0 Å². The molecule has 2 N–H and O–H groups in total. The van der Waals surface area contributed by atoms with E-state index in [1.165, 1.54) is 19.2 Å². The van der Waals surface area contributed by atoms with Crippen LogP contribution in [0.2, 0.25) is 0 Å². The lowest BCUT2D eigenvalue weighted by Crippen LogP contribution is -2.27. The van der Waals surface area contributed by atoms with Crippen molar-refractivity contribution in [1.82, 2.24) is 10.5 Å². The summed E-state index contributed by atoms with van der Waals surface area (Å²) in [4.78, 5) is 12.2. The summed E-state index contributed by atoms with van der Waals surface area (Å²) in [7, 11) is 1.49. The third kappa shape index (κ3) is 2.99. The van der Waals surface area contributed by atoms with Gasteiger partial charge in [0.25, 0.3) is 5.91 Å². The van der Waals surface area contributed by atoms with Crippen LogP contribution in [0.3, 0.4) is 0 Å². The largest absolute Gasteiger partial charge is 0.507 e. The molecule has 0 aliphatic rings. The molecule has 6 heteroatoms. The maximum atomic E-state index is 12.2.